The van der Waals surface area contributed by atoms with Gasteiger partial charge in [0.2, 0.25) is 10.0 Å². The number of hydrogen-bond acceptors (Lipinski definition) is 6. The standard InChI is InChI=1S/C19H17F5N4O3S/c1-32(29,30)27-15-8-28(7-14(15)24)17-5-16(31-26-17)19-11(2-10(21)6-25-19)18-12(22)3-9(20)4-13(18)23/h2-4,6,14-16,27H,5,7-8H2,1H3/t14-,15+,16?/m0/s1. The maximum atomic E-state index is 14.3. The number of amidine groups is 1. The van der Waals surface area contributed by atoms with Gasteiger partial charge in [-0.2, -0.15) is 0 Å². The van der Waals surface area contributed by atoms with Gasteiger partial charge in [-0.15, -0.1) is 0 Å². The molecule has 1 aromatic heterocycles. The molecule has 1 unspecified atom stereocenters. The Kier molecular flexibility index (Phi) is 5.79. The molecule has 13 heteroatoms. The van der Waals surface area contributed by atoms with Crippen molar-refractivity contribution in [1.29, 1.82) is 0 Å². The summed E-state index contributed by atoms with van der Waals surface area (Å²) in [5.74, 6) is -4.23. The van der Waals surface area contributed by atoms with Crippen molar-refractivity contribution in [3.8, 4) is 11.1 Å². The highest BCUT2D eigenvalue weighted by molar-refractivity contribution is 7.88. The van der Waals surface area contributed by atoms with E-state index in [-0.39, 0.29) is 36.6 Å². The zero-order valence-electron chi connectivity index (χ0n) is 16.5. The molecule has 2 aliphatic rings. The SMILES string of the molecule is CS(=O)(=O)N[C@@H]1CN(C2=NOC(c3ncc(F)cc3-c3c(F)cc(F)cc3F)C2)C[C@@H]1F. The number of alkyl halides is 1. The number of hydrogen-bond donors (Lipinski definition) is 1. The van der Waals surface area contributed by atoms with Gasteiger partial charge in [-0.25, -0.2) is 35.1 Å². The molecule has 2 aromatic rings. The molecule has 0 radical (unpaired) electrons. The van der Waals surface area contributed by atoms with Crippen LogP contribution in [0.4, 0.5) is 22.0 Å². The predicted octanol–water partition coefficient (Wildman–Crippen LogP) is 2.65. The molecule has 1 N–H and O–H groups in total. The minimum absolute atomic E-state index is 0.00588. The largest absolute Gasteiger partial charge is 0.384 e. The Morgan fingerprint density at radius 2 is 1.78 bits per heavy atom. The molecule has 0 saturated carbocycles. The quantitative estimate of drug-likeness (QED) is 0.687. The van der Waals surface area contributed by atoms with Crippen LogP contribution in [0.5, 0.6) is 0 Å². The third-order valence-corrected chi connectivity index (χ3v) is 5.83. The van der Waals surface area contributed by atoms with Crippen LogP contribution in [0.25, 0.3) is 11.1 Å². The first-order valence-corrected chi connectivity index (χ1v) is 11.3. The summed E-state index contributed by atoms with van der Waals surface area (Å²) < 4.78 is 95.1. The van der Waals surface area contributed by atoms with Gasteiger partial charge in [0, 0.05) is 24.2 Å². The Labute approximate surface area is 179 Å². The maximum Gasteiger partial charge on any atom is 0.209 e. The van der Waals surface area contributed by atoms with E-state index >= 15 is 0 Å². The lowest BCUT2D eigenvalue weighted by atomic mass is 9.98. The fraction of sp³-hybridized carbons (Fsp3) is 0.368. The van der Waals surface area contributed by atoms with Gasteiger partial charge in [0.25, 0.3) is 0 Å². The van der Waals surface area contributed by atoms with Crippen molar-refractivity contribution >= 4 is 15.9 Å². The summed E-state index contributed by atoms with van der Waals surface area (Å²) in [5.41, 5.74) is -0.993. The number of oxime groups is 1. The van der Waals surface area contributed by atoms with Gasteiger partial charge in [0.1, 0.15) is 35.3 Å². The summed E-state index contributed by atoms with van der Waals surface area (Å²) in [4.78, 5) is 10.7. The summed E-state index contributed by atoms with van der Waals surface area (Å²) >= 11 is 0. The van der Waals surface area contributed by atoms with Crippen molar-refractivity contribution in [3.63, 3.8) is 0 Å². The van der Waals surface area contributed by atoms with E-state index in [1.165, 1.54) is 4.90 Å². The van der Waals surface area contributed by atoms with E-state index in [1.807, 2.05) is 0 Å². The Morgan fingerprint density at radius 1 is 1.09 bits per heavy atom. The highest BCUT2D eigenvalue weighted by atomic mass is 32.2. The molecular weight excluding hydrogens is 459 g/mol. The lowest BCUT2D eigenvalue weighted by Gasteiger charge is -2.17. The van der Waals surface area contributed by atoms with E-state index in [4.69, 9.17) is 4.84 Å². The van der Waals surface area contributed by atoms with Crippen molar-refractivity contribution in [2.45, 2.75) is 24.7 Å². The molecule has 172 valence electrons. The Bertz CT molecular complexity index is 1170. The third kappa shape index (κ3) is 4.53. The highest BCUT2D eigenvalue weighted by Crippen LogP contribution is 2.37. The molecular formula is C19H17F5N4O3S. The average Bonchev–Trinajstić information content (AvgIpc) is 3.27. The minimum atomic E-state index is -3.62. The fourth-order valence-corrected chi connectivity index (χ4v) is 4.54. The molecule has 32 heavy (non-hydrogen) atoms. The third-order valence-electron chi connectivity index (χ3n) is 5.10. The molecule has 4 rings (SSSR count). The van der Waals surface area contributed by atoms with Crippen molar-refractivity contribution in [1.82, 2.24) is 14.6 Å². The summed E-state index contributed by atoms with van der Waals surface area (Å²) in [6, 6.07) is 0.798. The van der Waals surface area contributed by atoms with E-state index in [9.17, 15) is 30.4 Å². The molecule has 3 heterocycles. The first-order valence-electron chi connectivity index (χ1n) is 9.41. The number of benzene rings is 1. The van der Waals surface area contributed by atoms with E-state index < -0.39 is 57.2 Å². The van der Waals surface area contributed by atoms with Crippen LogP contribution in [0.3, 0.4) is 0 Å². The second-order valence-electron chi connectivity index (χ2n) is 7.55. The molecule has 0 amide bonds. The second kappa shape index (κ2) is 8.28. The summed E-state index contributed by atoms with van der Waals surface area (Å²) in [5, 5.41) is 3.87. The summed E-state index contributed by atoms with van der Waals surface area (Å²) in [7, 11) is -3.62. The van der Waals surface area contributed by atoms with Crippen LogP contribution in [0.15, 0.2) is 29.6 Å². The van der Waals surface area contributed by atoms with Crippen molar-refractivity contribution in [3.05, 3.63) is 53.4 Å². The summed E-state index contributed by atoms with van der Waals surface area (Å²) in [6.45, 7) is -0.152. The molecule has 0 aliphatic carbocycles. The van der Waals surface area contributed by atoms with E-state index in [1.54, 1.807) is 0 Å². The van der Waals surface area contributed by atoms with E-state index in [2.05, 4.69) is 14.9 Å². The smallest absolute Gasteiger partial charge is 0.209 e. The molecule has 7 nitrogen and oxygen atoms in total. The lowest BCUT2D eigenvalue weighted by molar-refractivity contribution is 0.0827. The zero-order valence-corrected chi connectivity index (χ0v) is 17.3. The van der Waals surface area contributed by atoms with Gasteiger partial charge in [-0.3, -0.25) is 4.98 Å². The second-order valence-corrected chi connectivity index (χ2v) is 9.33. The average molecular weight is 476 g/mol. The van der Waals surface area contributed by atoms with E-state index in [0.29, 0.717) is 12.1 Å². The van der Waals surface area contributed by atoms with Crippen LogP contribution < -0.4 is 4.72 Å². The van der Waals surface area contributed by atoms with Crippen molar-refractivity contribution in [2.24, 2.45) is 5.16 Å². The molecule has 1 fully saturated rings. The van der Waals surface area contributed by atoms with Gasteiger partial charge >= 0.3 is 0 Å². The Balaban J connectivity index is 1.58. The summed E-state index contributed by atoms with van der Waals surface area (Å²) in [6.07, 6.45) is -0.713. The van der Waals surface area contributed by atoms with Gasteiger partial charge < -0.3 is 9.74 Å². The Hall–Kier alpha value is -2.80. The highest BCUT2D eigenvalue weighted by Gasteiger charge is 2.39. The minimum Gasteiger partial charge on any atom is -0.384 e. The first kappa shape index (κ1) is 22.4. The number of aromatic nitrogens is 1. The topological polar surface area (TPSA) is 83.9 Å². The van der Waals surface area contributed by atoms with Crippen LogP contribution in [0, 0.1) is 23.3 Å². The van der Waals surface area contributed by atoms with Crippen LogP contribution in [0.2, 0.25) is 0 Å². The Morgan fingerprint density at radius 3 is 2.44 bits per heavy atom. The van der Waals surface area contributed by atoms with Crippen molar-refractivity contribution in [2.75, 3.05) is 19.3 Å². The number of nitrogens with zero attached hydrogens (tertiary/aromatic N) is 3. The normalized spacial score (nSPS) is 23.4. The molecule has 1 aromatic carbocycles. The van der Waals surface area contributed by atoms with Crippen LogP contribution in [0.1, 0.15) is 18.2 Å². The molecule has 0 bridgehead atoms. The number of halogens is 5. The predicted molar refractivity (Wildman–Crippen MR) is 104 cm³/mol. The molecule has 3 atom stereocenters. The van der Waals surface area contributed by atoms with Crippen LogP contribution >= 0.6 is 0 Å². The first-order chi connectivity index (χ1) is 15.0. The van der Waals surface area contributed by atoms with Gasteiger partial charge in [0.05, 0.1) is 42.7 Å². The maximum absolute atomic E-state index is 14.3. The monoisotopic (exact) mass is 476 g/mol. The number of sulfonamides is 1. The van der Waals surface area contributed by atoms with Gasteiger partial charge in [0.15, 0.2) is 6.10 Å². The number of nitrogens with one attached hydrogen (secondary N) is 1. The molecule has 2 aliphatic heterocycles. The number of pyridine rings is 1. The number of likely N-dealkylation sites (tertiary alicyclic amines) is 1. The van der Waals surface area contributed by atoms with Crippen LogP contribution in [-0.2, 0) is 14.9 Å². The van der Waals surface area contributed by atoms with Crippen molar-refractivity contribution < 1.29 is 35.2 Å². The lowest BCUT2D eigenvalue weighted by Crippen LogP contribution is -2.41. The number of rotatable bonds is 4. The molecule has 1 saturated heterocycles. The fourth-order valence-electron chi connectivity index (χ4n) is 3.77. The van der Waals surface area contributed by atoms with E-state index in [0.717, 1.165) is 18.5 Å². The van der Waals surface area contributed by atoms with Gasteiger partial charge in [-0.1, -0.05) is 5.16 Å². The molecule has 0 spiro atoms. The van der Waals surface area contributed by atoms with Crippen LogP contribution in [-0.4, -0.2) is 55.7 Å². The van der Waals surface area contributed by atoms with Gasteiger partial charge in [-0.05, 0) is 6.07 Å². The zero-order chi connectivity index (χ0) is 23.2.